The number of nitrogens with one attached hydrogen (secondary N) is 1. The highest BCUT2D eigenvalue weighted by Crippen LogP contribution is 2.22. The zero-order valence-corrected chi connectivity index (χ0v) is 17.2. The molecule has 0 aliphatic rings. The summed E-state index contributed by atoms with van der Waals surface area (Å²) in [6, 6.07) is 8.48. The Morgan fingerprint density at radius 1 is 1.21 bits per heavy atom. The van der Waals surface area contributed by atoms with Gasteiger partial charge in [-0.1, -0.05) is 31.5 Å². The number of sulfonamides is 1. The number of hydrogen-bond acceptors (Lipinski definition) is 7. The predicted molar refractivity (Wildman–Crippen MR) is 108 cm³/mol. The molecule has 1 aromatic heterocycles. The van der Waals surface area contributed by atoms with Gasteiger partial charge in [0.1, 0.15) is 5.82 Å². The first kappa shape index (κ1) is 21.6. The average molecular weight is 407 g/mol. The van der Waals surface area contributed by atoms with Gasteiger partial charge in [-0.25, -0.2) is 18.1 Å². The zero-order valence-electron chi connectivity index (χ0n) is 16.4. The van der Waals surface area contributed by atoms with Crippen molar-refractivity contribution in [3.63, 3.8) is 0 Å². The lowest BCUT2D eigenvalue weighted by atomic mass is 10.1. The standard InChI is InChI=1S/C19H25N3O5S/c1-5-9-16(19(24)27-6-2)28(25,26)21-18(23)14-12-17(22(3)4)20-15-11-8-7-10-13(14)15/h7-8,10-12,16H,5-6,9H2,1-4H3,(H,21,23). The molecule has 2 aromatic rings. The molecular formula is C19H25N3O5S. The highest BCUT2D eigenvalue weighted by molar-refractivity contribution is 7.91. The molecule has 28 heavy (non-hydrogen) atoms. The fraction of sp³-hybridized carbons (Fsp3) is 0.421. The predicted octanol–water partition coefficient (Wildman–Crippen LogP) is 2.09. The lowest BCUT2D eigenvalue weighted by Gasteiger charge is -2.18. The molecule has 1 aromatic carbocycles. The van der Waals surface area contributed by atoms with Crippen LogP contribution in [0.2, 0.25) is 0 Å². The number of pyridine rings is 1. The Morgan fingerprint density at radius 2 is 1.89 bits per heavy atom. The van der Waals surface area contributed by atoms with E-state index in [4.69, 9.17) is 4.74 Å². The summed E-state index contributed by atoms with van der Waals surface area (Å²) in [6.07, 6.45) is 0.503. The van der Waals surface area contributed by atoms with Gasteiger partial charge in [0.15, 0.2) is 5.25 Å². The van der Waals surface area contributed by atoms with Gasteiger partial charge in [0, 0.05) is 19.5 Å². The molecule has 1 amide bonds. The fourth-order valence-corrected chi connectivity index (χ4v) is 4.11. The Hall–Kier alpha value is -2.68. The Labute approximate surface area is 164 Å². The van der Waals surface area contributed by atoms with Crippen molar-refractivity contribution in [2.24, 2.45) is 0 Å². The molecule has 8 nitrogen and oxygen atoms in total. The van der Waals surface area contributed by atoms with Crippen LogP contribution in [-0.2, 0) is 19.6 Å². The number of ether oxygens (including phenoxy) is 1. The van der Waals surface area contributed by atoms with Crippen LogP contribution >= 0.6 is 0 Å². The quantitative estimate of drug-likeness (QED) is 0.668. The molecule has 0 fully saturated rings. The molecule has 1 heterocycles. The van der Waals surface area contributed by atoms with E-state index in [0.29, 0.717) is 23.1 Å². The first-order valence-corrected chi connectivity index (χ1v) is 10.6. The first-order chi connectivity index (χ1) is 13.2. The Balaban J connectivity index is 2.44. The van der Waals surface area contributed by atoms with E-state index >= 15 is 0 Å². The molecule has 1 unspecified atom stereocenters. The Kier molecular flexibility index (Phi) is 6.95. The van der Waals surface area contributed by atoms with E-state index in [1.165, 1.54) is 6.07 Å². The van der Waals surface area contributed by atoms with E-state index in [2.05, 4.69) is 4.98 Å². The van der Waals surface area contributed by atoms with E-state index in [-0.39, 0.29) is 18.6 Å². The molecule has 9 heteroatoms. The van der Waals surface area contributed by atoms with Gasteiger partial charge in [-0.05, 0) is 25.5 Å². The van der Waals surface area contributed by atoms with Crippen molar-refractivity contribution in [2.45, 2.75) is 31.9 Å². The number of hydrogen-bond donors (Lipinski definition) is 1. The lowest BCUT2D eigenvalue weighted by Crippen LogP contribution is -2.43. The number of benzene rings is 1. The number of anilines is 1. The molecule has 0 radical (unpaired) electrons. The Morgan fingerprint density at radius 3 is 2.50 bits per heavy atom. The van der Waals surface area contributed by atoms with Gasteiger partial charge in [-0.3, -0.25) is 9.59 Å². The van der Waals surface area contributed by atoms with Crippen LogP contribution in [0.15, 0.2) is 30.3 Å². The summed E-state index contributed by atoms with van der Waals surface area (Å²) in [7, 11) is -0.720. The van der Waals surface area contributed by atoms with Crippen LogP contribution in [0.1, 0.15) is 37.0 Å². The molecule has 2 rings (SSSR count). The number of aromatic nitrogens is 1. The molecule has 152 valence electrons. The number of carbonyl (C=O) groups is 2. The molecular weight excluding hydrogens is 382 g/mol. The number of esters is 1. The van der Waals surface area contributed by atoms with Crippen LogP contribution in [0.3, 0.4) is 0 Å². The van der Waals surface area contributed by atoms with Crippen molar-refractivity contribution in [2.75, 3.05) is 25.6 Å². The maximum absolute atomic E-state index is 12.8. The second-order valence-corrected chi connectivity index (χ2v) is 8.31. The van der Waals surface area contributed by atoms with Gasteiger partial charge >= 0.3 is 5.97 Å². The first-order valence-electron chi connectivity index (χ1n) is 9.01. The molecule has 0 bridgehead atoms. The molecule has 0 saturated carbocycles. The maximum atomic E-state index is 12.8. The normalized spacial score (nSPS) is 12.4. The van der Waals surface area contributed by atoms with Crippen molar-refractivity contribution in [1.82, 2.24) is 9.71 Å². The van der Waals surface area contributed by atoms with Gasteiger partial charge in [0.05, 0.1) is 17.7 Å². The molecule has 0 spiro atoms. The second kappa shape index (κ2) is 9.01. The van der Waals surface area contributed by atoms with Crippen molar-refractivity contribution in [3.8, 4) is 0 Å². The van der Waals surface area contributed by atoms with Crippen molar-refractivity contribution in [1.29, 1.82) is 0 Å². The number of amides is 1. The largest absolute Gasteiger partial charge is 0.465 e. The molecule has 1 atom stereocenters. The monoisotopic (exact) mass is 407 g/mol. The summed E-state index contributed by atoms with van der Waals surface area (Å²) in [5.74, 6) is -1.16. The summed E-state index contributed by atoms with van der Waals surface area (Å²) in [5.41, 5.74) is 0.726. The average Bonchev–Trinajstić information content (AvgIpc) is 2.64. The molecule has 0 aliphatic heterocycles. The van der Waals surface area contributed by atoms with Gasteiger partial charge < -0.3 is 9.64 Å². The third kappa shape index (κ3) is 4.78. The topological polar surface area (TPSA) is 106 Å². The fourth-order valence-electron chi connectivity index (χ4n) is 2.73. The third-order valence-electron chi connectivity index (χ3n) is 4.12. The summed E-state index contributed by atoms with van der Waals surface area (Å²) in [5, 5.41) is -0.924. The maximum Gasteiger partial charge on any atom is 0.326 e. The van der Waals surface area contributed by atoms with Gasteiger partial charge in [-0.2, -0.15) is 0 Å². The van der Waals surface area contributed by atoms with Crippen LogP contribution in [0.25, 0.3) is 10.9 Å². The van der Waals surface area contributed by atoms with Crippen molar-refractivity contribution in [3.05, 3.63) is 35.9 Å². The van der Waals surface area contributed by atoms with Crippen LogP contribution < -0.4 is 9.62 Å². The third-order valence-corrected chi connectivity index (χ3v) is 5.76. The lowest BCUT2D eigenvalue weighted by molar-refractivity contribution is -0.142. The number of carbonyl (C=O) groups excluding carboxylic acids is 2. The summed E-state index contributed by atoms with van der Waals surface area (Å²) in [4.78, 5) is 31.1. The highest BCUT2D eigenvalue weighted by Gasteiger charge is 2.35. The van der Waals surface area contributed by atoms with E-state index in [1.807, 2.05) is 4.72 Å². The molecule has 0 aliphatic carbocycles. The van der Waals surface area contributed by atoms with Gasteiger partial charge in [-0.15, -0.1) is 0 Å². The molecule has 0 saturated heterocycles. The summed E-state index contributed by atoms with van der Waals surface area (Å²) < 4.78 is 32.3. The number of fused-ring (bicyclic) bond motifs is 1. The minimum Gasteiger partial charge on any atom is -0.465 e. The number of para-hydroxylation sites is 1. The smallest absolute Gasteiger partial charge is 0.326 e. The minimum atomic E-state index is -4.26. The van der Waals surface area contributed by atoms with E-state index < -0.39 is 27.1 Å². The van der Waals surface area contributed by atoms with Crippen LogP contribution in [-0.4, -0.2) is 51.2 Å². The summed E-state index contributed by atoms with van der Waals surface area (Å²) >= 11 is 0. The molecule has 1 N–H and O–H groups in total. The number of nitrogens with zero attached hydrogens (tertiary/aromatic N) is 2. The van der Waals surface area contributed by atoms with Crippen LogP contribution in [0.4, 0.5) is 5.82 Å². The Bertz CT molecular complexity index is 973. The SMILES string of the molecule is CCCC(C(=O)OCC)S(=O)(=O)NC(=O)c1cc(N(C)C)nc2ccccc12. The van der Waals surface area contributed by atoms with Gasteiger partial charge in [0.2, 0.25) is 10.0 Å². The number of rotatable bonds is 8. The van der Waals surface area contributed by atoms with Crippen LogP contribution in [0, 0.1) is 0 Å². The van der Waals surface area contributed by atoms with E-state index in [1.54, 1.807) is 57.1 Å². The zero-order chi connectivity index (χ0) is 20.9. The van der Waals surface area contributed by atoms with Gasteiger partial charge in [0.25, 0.3) is 5.91 Å². The second-order valence-electron chi connectivity index (χ2n) is 6.45. The minimum absolute atomic E-state index is 0.0570. The van der Waals surface area contributed by atoms with Crippen molar-refractivity contribution < 1.29 is 22.7 Å². The van der Waals surface area contributed by atoms with Crippen molar-refractivity contribution >= 4 is 38.6 Å². The van der Waals surface area contributed by atoms with E-state index in [0.717, 1.165) is 0 Å². The summed E-state index contributed by atoms with van der Waals surface area (Å²) in [6.45, 7) is 3.41. The van der Waals surface area contributed by atoms with Crippen LogP contribution in [0.5, 0.6) is 0 Å². The highest BCUT2D eigenvalue weighted by atomic mass is 32.2. The van der Waals surface area contributed by atoms with E-state index in [9.17, 15) is 18.0 Å².